The molecule has 0 amide bonds. The highest BCUT2D eigenvalue weighted by Crippen LogP contribution is 2.04. The molecule has 5 N–H and O–H groups in total. The molecule has 1 rings (SSSR count). The maximum atomic E-state index is 5.61. The van der Waals surface area contributed by atoms with Crippen LogP contribution in [0.3, 0.4) is 0 Å². The van der Waals surface area contributed by atoms with Gasteiger partial charge in [0.1, 0.15) is 0 Å². The average molecular weight is 264 g/mol. The van der Waals surface area contributed by atoms with Crippen molar-refractivity contribution < 1.29 is 0 Å². The number of nitrogens with zero attached hydrogens (tertiary/aromatic N) is 1. The van der Waals surface area contributed by atoms with E-state index in [1.807, 2.05) is 0 Å². The molecule has 0 unspecified atom stereocenters. The number of nitrogens with two attached hydrogens (primary N) is 2. The van der Waals surface area contributed by atoms with Gasteiger partial charge in [-0.25, -0.2) is 0 Å². The maximum Gasteiger partial charge on any atom is 0.0234 e. The number of hydrogen-bond donors (Lipinski definition) is 3. The van der Waals surface area contributed by atoms with Gasteiger partial charge in [-0.15, -0.1) is 0 Å². The molecule has 0 spiro atoms. The van der Waals surface area contributed by atoms with Crippen LogP contribution in [0, 0.1) is 0 Å². The third-order valence-electron chi connectivity index (χ3n) is 3.09. The van der Waals surface area contributed by atoms with Gasteiger partial charge in [0.25, 0.3) is 0 Å². The van der Waals surface area contributed by atoms with Crippen LogP contribution < -0.4 is 16.8 Å². The first-order valence-electron chi connectivity index (χ1n) is 7.24. The fourth-order valence-electron chi connectivity index (χ4n) is 2.02. The first-order valence-corrected chi connectivity index (χ1v) is 7.24. The number of nitrogens with one attached hydrogen (secondary N) is 1. The highest BCUT2D eigenvalue weighted by atomic mass is 15.1. The SMILES string of the molecule is NCCCNCCN(CCCN)Cc1ccccc1. The summed E-state index contributed by atoms with van der Waals surface area (Å²) in [6.07, 6.45) is 2.09. The molecule has 0 saturated carbocycles. The molecule has 0 aromatic heterocycles. The lowest BCUT2D eigenvalue weighted by atomic mass is 10.2. The number of rotatable bonds is 11. The Morgan fingerprint density at radius 1 is 0.895 bits per heavy atom. The van der Waals surface area contributed by atoms with Gasteiger partial charge in [0.2, 0.25) is 0 Å². The van der Waals surface area contributed by atoms with Crippen LogP contribution in [0.5, 0.6) is 0 Å². The summed E-state index contributed by atoms with van der Waals surface area (Å²) in [6, 6.07) is 10.6. The molecule has 4 heteroatoms. The summed E-state index contributed by atoms with van der Waals surface area (Å²) < 4.78 is 0. The second kappa shape index (κ2) is 10.9. The zero-order valence-electron chi connectivity index (χ0n) is 11.9. The fraction of sp³-hybridized carbons (Fsp3) is 0.600. The van der Waals surface area contributed by atoms with E-state index in [4.69, 9.17) is 11.5 Å². The first-order chi connectivity index (χ1) is 9.36. The fourth-order valence-corrected chi connectivity index (χ4v) is 2.02. The van der Waals surface area contributed by atoms with Crippen molar-refractivity contribution in [3.05, 3.63) is 35.9 Å². The summed E-state index contributed by atoms with van der Waals surface area (Å²) in [4.78, 5) is 2.46. The molecule has 0 aliphatic carbocycles. The third-order valence-corrected chi connectivity index (χ3v) is 3.09. The molecule has 0 radical (unpaired) electrons. The third kappa shape index (κ3) is 7.95. The Labute approximate surface area is 117 Å². The summed E-state index contributed by atoms with van der Waals surface area (Å²) in [5.41, 5.74) is 12.4. The van der Waals surface area contributed by atoms with E-state index in [2.05, 4.69) is 40.5 Å². The van der Waals surface area contributed by atoms with Gasteiger partial charge in [0, 0.05) is 19.6 Å². The molecule has 0 aliphatic heterocycles. The second-order valence-corrected chi connectivity index (χ2v) is 4.80. The highest BCUT2D eigenvalue weighted by Gasteiger charge is 2.04. The van der Waals surface area contributed by atoms with Crippen LogP contribution in [-0.4, -0.2) is 44.2 Å². The van der Waals surface area contributed by atoms with Crippen molar-refractivity contribution in [2.45, 2.75) is 19.4 Å². The Morgan fingerprint density at radius 3 is 2.32 bits per heavy atom. The summed E-state index contributed by atoms with van der Waals surface area (Å²) in [6.45, 7) is 6.65. The molecule has 1 aromatic carbocycles. The monoisotopic (exact) mass is 264 g/mol. The Morgan fingerprint density at radius 2 is 1.63 bits per heavy atom. The van der Waals surface area contributed by atoms with E-state index in [1.54, 1.807) is 0 Å². The van der Waals surface area contributed by atoms with Crippen LogP contribution in [0.25, 0.3) is 0 Å². The Bertz CT molecular complexity index is 302. The van der Waals surface area contributed by atoms with Crippen molar-refractivity contribution in [2.75, 3.05) is 39.3 Å². The molecule has 19 heavy (non-hydrogen) atoms. The zero-order chi connectivity index (χ0) is 13.8. The quantitative estimate of drug-likeness (QED) is 0.517. The number of hydrogen-bond acceptors (Lipinski definition) is 4. The number of benzene rings is 1. The van der Waals surface area contributed by atoms with Crippen molar-refractivity contribution in [2.24, 2.45) is 11.5 Å². The van der Waals surface area contributed by atoms with Gasteiger partial charge in [-0.05, 0) is 44.6 Å². The Kier molecular flexibility index (Phi) is 9.27. The van der Waals surface area contributed by atoms with E-state index in [9.17, 15) is 0 Å². The summed E-state index contributed by atoms with van der Waals surface area (Å²) >= 11 is 0. The molecule has 0 saturated heterocycles. The molecule has 4 nitrogen and oxygen atoms in total. The molecule has 0 aliphatic rings. The van der Waals surface area contributed by atoms with Gasteiger partial charge in [0.05, 0.1) is 0 Å². The minimum atomic E-state index is 0.756. The van der Waals surface area contributed by atoms with Crippen LogP contribution in [-0.2, 0) is 6.54 Å². The van der Waals surface area contributed by atoms with Crippen LogP contribution in [0.2, 0.25) is 0 Å². The Balaban J connectivity index is 2.30. The lowest BCUT2D eigenvalue weighted by Crippen LogP contribution is -2.34. The molecule has 108 valence electrons. The van der Waals surface area contributed by atoms with E-state index in [0.29, 0.717) is 0 Å². The predicted molar refractivity (Wildman–Crippen MR) is 81.9 cm³/mol. The van der Waals surface area contributed by atoms with Crippen molar-refractivity contribution in [3.8, 4) is 0 Å². The van der Waals surface area contributed by atoms with E-state index < -0.39 is 0 Å². The van der Waals surface area contributed by atoms with Crippen LogP contribution in [0.1, 0.15) is 18.4 Å². The van der Waals surface area contributed by atoms with E-state index >= 15 is 0 Å². The van der Waals surface area contributed by atoms with Crippen LogP contribution in [0.15, 0.2) is 30.3 Å². The maximum absolute atomic E-state index is 5.61. The topological polar surface area (TPSA) is 67.3 Å². The van der Waals surface area contributed by atoms with Gasteiger partial charge in [-0.1, -0.05) is 30.3 Å². The van der Waals surface area contributed by atoms with Gasteiger partial charge >= 0.3 is 0 Å². The normalized spacial score (nSPS) is 11.1. The first kappa shape index (κ1) is 16.1. The predicted octanol–water partition coefficient (Wildman–Crippen LogP) is 0.776. The van der Waals surface area contributed by atoms with Crippen molar-refractivity contribution in [1.29, 1.82) is 0 Å². The van der Waals surface area contributed by atoms with Gasteiger partial charge in [0.15, 0.2) is 0 Å². The molecule has 0 fully saturated rings. The highest BCUT2D eigenvalue weighted by molar-refractivity contribution is 5.14. The van der Waals surface area contributed by atoms with E-state index in [1.165, 1.54) is 5.56 Å². The van der Waals surface area contributed by atoms with E-state index in [-0.39, 0.29) is 0 Å². The summed E-state index contributed by atoms with van der Waals surface area (Å²) in [5.74, 6) is 0. The van der Waals surface area contributed by atoms with Crippen molar-refractivity contribution >= 4 is 0 Å². The Hall–Kier alpha value is -0.940. The molecular formula is C15H28N4. The van der Waals surface area contributed by atoms with Crippen molar-refractivity contribution in [1.82, 2.24) is 10.2 Å². The lowest BCUT2D eigenvalue weighted by molar-refractivity contribution is 0.263. The van der Waals surface area contributed by atoms with Gasteiger partial charge in [-0.3, -0.25) is 4.90 Å². The molecule has 0 bridgehead atoms. The average Bonchev–Trinajstić information content (AvgIpc) is 2.45. The minimum absolute atomic E-state index is 0.756. The summed E-state index contributed by atoms with van der Waals surface area (Å²) in [7, 11) is 0. The molecular weight excluding hydrogens is 236 g/mol. The summed E-state index contributed by atoms with van der Waals surface area (Å²) in [5, 5.41) is 3.43. The smallest absolute Gasteiger partial charge is 0.0234 e. The van der Waals surface area contributed by atoms with E-state index in [0.717, 1.165) is 58.7 Å². The van der Waals surface area contributed by atoms with Gasteiger partial charge in [-0.2, -0.15) is 0 Å². The molecule has 0 heterocycles. The standard InChI is InChI=1S/C15H28N4/c16-8-4-10-18-11-13-19(12-5-9-17)14-15-6-2-1-3-7-15/h1-3,6-7,18H,4-5,8-14,16-17H2. The van der Waals surface area contributed by atoms with Gasteiger partial charge < -0.3 is 16.8 Å². The minimum Gasteiger partial charge on any atom is -0.330 e. The molecule has 0 atom stereocenters. The lowest BCUT2D eigenvalue weighted by Gasteiger charge is -2.22. The van der Waals surface area contributed by atoms with Crippen molar-refractivity contribution in [3.63, 3.8) is 0 Å². The largest absolute Gasteiger partial charge is 0.330 e. The van der Waals surface area contributed by atoms with Crippen LogP contribution in [0.4, 0.5) is 0 Å². The van der Waals surface area contributed by atoms with Crippen LogP contribution >= 0.6 is 0 Å². The zero-order valence-corrected chi connectivity index (χ0v) is 11.9. The second-order valence-electron chi connectivity index (χ2n) is 4.80. The molecule has 1 aromatic rings.